The van der Waals surface area contributed by atoms with E-state index in [9.17, 15) is 4.79 Å². The first-order valence-corrected chi connectivity index (χ1v) is 5.70. The Labute approximate surface area is 102 Å². The molecule has 0 saturated heterocycles. The van der Waals surface area contributed by atoms with Crippen molar-refractivity contribution in [2.75, 3.05) is 13.6 Å². The Kier molecular flexibility index (Phi) is 4.91. The van der Waals surface area contributed by atoms with E-state index < -0.39 is 5.97 Å². The summed E-state index contributed by atoms with van der Waals surface area (Å²) in [4.78, 5) is 12.9. The van der Waals surface area contributed by atoms with Crippen LogP contribution < -0.4 is 0 Å². The van der Waals surface area contributed by atoms with Gasteiger partial charge < -0.3 is 5.11 Å². The van der Waals surface area contributed by atoms with E-state index in [1.54, 1.807) is 12.1 Å². The standard InChI is InChI=1S/C14H19NO2/c1-4-11(2)9-15(3)10-12-5-7-13(8-6-12)14(16)17/h5-8H,2,4,9-10H2,1,3H3,(H,16,17). The van der Waals surface area contributed by atoms with Gasteiger partial charge in [0.1, 0.15) is 0 Å². The average Bonchev–Trinajstić information content (AvgIpc) is 2.29. The highest BCUT2D eigenvalue weighted by Crippen LogP contribution is 2.08. The molecule has 1 aromatic carbocycles. The lowest BCUT2D eigenvalue weighted by molar-refractivity contribution is 0.0697. The van der Waals surface area contributed by atoms with E-state index >= 15 is 0 Å². The summed E-state index contributed by atoms with van der Waals surface area (Å²) in [7, 11) is 2.03. The lowest BCUT2D eigenvalue weighted by atomic mass is 10.1. The summed E-state index contributed by atoms with van der Waals surface area (Å²) in [5.74, 6) is -0.885. The molecule has 3 heteroatoms. The van der Waals surface area contributed by atoms with Gasteiger partial charge in [0, 0.05) is 13.1 Å². The summed E-state index contributed by atoms with van der Waals surface area (Å²) < 4.78 is 0. The highest BCUT2D eigenvalue weighted by Gasteiger charge is 2.04. The van der Waals surface area contributed by atoms with E-state index in [0.29, 0.717) is 5.56 Å². The molecule has 17 heavy (non-hydrogen) atoms. The Morgan fingerprint density at radius 2 is 1.94 bits per heavy atom. The minimum atomic E-state index is -0.885. The van der Waals surface area contributed by atoms with Gasteiger partial charge in [-0.3, -0.25) is 4.90 Å². The van der Waals surface area contributed by atoms with Crippen LogP contribution in [0.5, 0.6) is 0 Å². The van der Waals surface area contributed by atoms with Crippen molar-refractivity contribution in [1.29, 1.82) is 0 Å². The molecule has 1 N–H and O–H groups in total. The van der Waals surface area contributed by atoms with Crippen molar-refractivity contribution in [2.24, 2.45) is 0 Å². The third-order valence-corrected chi connectivity index (χ3v) is 2.65. The maximum atomic E-state index is 10.7. The summed E-state index contributed by atoms with van der Waals surface area (Å²) in [6.07, 6.45) is 0.988. The minimum Gasteiger partial charge on any atom is -0.478 e. The summed E-state index contributed by atoms with van der Waals surface area (Å²) in [6, 6.07) is 6.99. The van der Waals surface area contributed by atoms with Crippen LogP contribution in [0.2, 0.25) is 0 Å². The molecule has 0 atom stereocenters. The lowest BCUT2D eigenvalue weighted by Crippen LogP contribution is -2.20. The molecule has 0 aliphatic heterocycles. The van der Waals surface area contributed by atoms with Crippen molar-refractivity contribution >= 4 is 5.97 Å². The number of carbonyl (C=O) groups is 1. The second-order valence-corrected chi connectivity index (χ2v) is 4.28. The quantitative estimate of drug-likeness (QED) is 0.768. The van der Waals surface area contributed by atoms with Gasteiger partial charge in [0.05, 0.1) is 5.56 Å². The van der Waals surface area contributed by atoms with Crippen molar-refractivity contribution in [3.8, 4) is 0 Å². The van der Waals surface area contributed by atoms with E-state index in [1.165, 1.54) is 5.57 Å². The van der Waals surface area contributed by atoms with Gasteiger partial charge in [-0.25, -0.2) is 4.79 Å². The van der Waals surface area contributed by atoms with Crippen LogP contribution in [0.25, 0.3) is 0 Å². The zero-order valence-electron chi connectivity index (χ0n) is 10.4. The Bertz CT molecular complexity index is 395. The minimum absolute atomic E-state index is 0.328. The maximum absolute atomic E-state index is 10.7. The van der Waals surface area contributed by atoms with Gasteiger partial charge in [0.25, 0.3) is 0 Å². The summed E-state index contributed by atoms with van der Waals surface area (Å²) >= 11 is 0. The number of hydrogen-bond donors (Lipinski definition) is 1. The van der Waals surface area contributed by atoms with E-state index in [4.69, 9.17) is 5.11 Å². The molecular weight excluding hydrogens is 214 g/mol. The van der Waals surface area contributed by atoms with Gasteiger partial charge in [-0.05, 0) is 31.2 Å². The topological polar surface area (TPSA) is 40.5 Å². The van der Waals surface area contributed by atoms with Gasteiger partial charge in [-0.1, -0.05) is 31.2 Å². The smallest absolute Gasteiger partial charge is 0.335 e. The highest BCUT2D eigenvalue weighted by atomic mass is 16.4. The summed E-state index contributed by atoms with van der Waals surface area (Å²) in [5, 5.41) is 8.79. The molecule has 0 aliphatic rings. The van der Waals surface area contributed by atoms with E-state index in [1.807, 2.05) is 19.2 Å². The first kappa shape index (κ1) is 13.5. The van der Waals surface area contributed by atoms with Crippen LogP contribution in [0, 0.1) is 0 Å². The SMILES string of the molecule is C=C(CC)CN(C)Cc1ccc(C(=O)O)cc1. The predicted octanol–water partition coefficient (Wildman–Crippen LogP) is 2.78. The molecule has 92 valence electrons. The normalized spacial score (nSPS) is 10.5. The molecule has 0 radical (unpaired) electrons. The molecule has 0 aliphatic carbocycles. The van der Waals surface area contributed by atoms with E-state index in [-0.39, 0.29) is 0 Å². The summed E-state index contributed by atoms with van der Waals surface area (Å²) in [5.41, 5.74) is 2.64. The van der Waals surface area contributed by atoms with Gasteiger partial charge in [0.2, 0.25) is 0 Å². The molecule has 0 unspecified atom stereocenters. The average molecular weight is 233 g/mol. The summed E-state index contributed by atoms with van der Waals surface area (Å²) in [6.45, 7) is 7.74. The van der Waals surface area contributed by atoms with Crippen molar-refractivity contribution in [2.45, 2.75) is 19.9 Å². The molecule has 3 nitrogen and oxygen atoms in total. The number of nitrogens with zero attached hydrogens (tertiary/aromatic N) is 1. The van der Waals surface area contributed by atoms with Gasteiger partial charge in [-0.2, -0.15) is 0 Å². The number of hydrogen-bond acceptors (Lipinski definition) is 2. The number of carboxylic acids is 1. The maximum Gasteiger partial charge on any atom is 0.335 e. The van der Waals surface area contributed by atoms with Crippen LogP contribution in [-0.2, 0) is 6.54 Å². The molecule has 0 spiro atoms. The monoisotopic (exact) mass is 233 g/mol. The van der Waals surface area contributed by atoms with Crippen LogP contribution >= 0.6 is 0 Å². The zero-order chi connectivity index (χ0) is 12.8. The Balaban J connectivity index is 2.57. The van der Waals surface area contributed by atoms with Crippen molar-refractivity contribution in [3.63, 3.8) is 0 Å². The van der Waals surface area contributed by atoms with Crippen LogP contribution in [0.15, 0.2) is 36.4 Å². The van der Waals surface area contributed by atoms with Gasteiger partial charge in [0.15, 0.2) is 0 Å². The fourth-order valence-corrected chi connectivity index (χ4v) is 1.61. The number of rotatable bonds is 6. The van der Waals surface area contributed by atoms with Crippen LogP contribution in [0.1, 0.15) is 29.3 Å². The molecule has 1 aromatic rings. The molecule has 0 heterocycles. The highest BCUT2D eigenvalue weighted by molar-refractivity contribution is 5.87. The Morgan fingerprint density at radius 3 is 2.41 bits per heavy atom. The zero-order valence-corrected chi connectivity index (χ0v) is 10.4. The number of likely N-dealkylation sites (N-methyl/N-ethyl adjacent to an activating group) is 1. The van der Waals surface area contributed by atoms with Crippen LogP contribution in [0.3, 0.4) is 0 Å². The van der Waals surface area contributed by atoms with Crippen LogP contribution in [-0.4, -0.2) is 29.6 Å². The number of carboxylic acid groups (broad SMARTS) is 1. The fraction of sp³-hybridized carbons (Fsp3) is 0.357. The molecule has 0 amide bonds. The first-order chi connectivity index (χ1) is 8.02. The molecule has 0 saturated carbocycles. The lowest BCUT2D eigenvalue weighted by Gasteiger charge is -2.17. The molecule has 0 bridgehead atoms. The number of benzene rings is 1. The number of aromatic carboxylic acids is 1. The van der Waals surface area contributed by atoms with Crippen LogP contribution in [0.4, 0.5) is 0 Å². The molecule has 0 aromatic heterocycles. The van der Waals surface area contributed by atoms with Crippen molar-refractivity contribution in [1.82, 2.24) is 4.90 Å². The fourth-order valence-electron chi connectivity index (χ4n) is 1.61. The second-order valence-electron chi connectivity index (χ2n) is 4.28. The Morgan fingerprint density at radius 1 is 1.35 bits per heavy atom. The van der Waals surface area contributed by atoms with Gasteiger partial charge in [-0.15, -0.1) is 0 Å². The third-order valence-electron chi connectivity index (χ3n) is 2.65. The van der Waals surface area contributed by atoms with E-state index in [2.05, 4.69) is 18.4 Å². The third kappa shape index (κ3) is 4.41. The molecule has 0 fully saturated rings. The molecule has 1 rings (SSSR count). The largest absolute Gasteiger partial charge is 0.478 e. The molecular formula is C14H19NO2. The van der Waals surface area contributed by atoms with Crippen molar-refractivity contribution in [3.05, 3.63) is 47.5 Å². The van der Waals surface area contributed by atoms with Crippen molar-refractivity contribution < 1.29 is 9.90 Å². The second kappa shape index (κ2) is 6.21. The van der Waals surface area contributed by atoms with Gasteiger partial charge >= 0.3 is 5.97 Å². The van der Waals surface area contributed by atoms with E-state index in [0.717, 1.165) is 25.1 Å². The predicted molar refractivity (Wildman–Crippen MR) is 69.2 cm³/mol. The Hall–Kier alpha value is -1.61. The first-order valence-electron chi connectivity index (χ1n) is 5.70.